The fourth-order valence-electron chi connectivity index (χ4n) is 2.85. The lowest BCUT2D eigenvalue weighted by Crippen LogP contribution is -1.99. The van der Waals surface area contributed by atoms with E-state index in [1.165, 1.54) is 22.8 Å². The number of hydrogen-bond donors (Lipinski definition) is 0. The van der Waals surface area contributed by atoms with Crippen LogP contribution in [0.4, 0.5) is 4.39 Å². The Morgan fingerprint density at radius 2 is 2.17 bits per heavy atom. The van der Waals surface area contributed by atoms with Gasteiger partial charge in [0.1, 0.15) is 5.75 Å². The van der Waals surface area contributed by atoms with Crippen LogP contribution in [0.1, 0.15) is 30.0 Å². The molecular formula is C20H20BrFO2. The lowest BCUT2D eigenvalue weighted by molar-refractivity contribution is 0.326. The molecule has 0 aromatic heterocycles. The first-order valence-corrected chi connectivity index (χ1v) is 9.28. The van der Waals surface area contributed by atoms with E-state index in [0.29, 0.717) is 17.7 Å². The molecule has 0 bridgehead atoms. The van der Waals surface area contributed by atoms with Gasteiger partial charge in [0.15, 0.2) is 11.6 Å². The van der Waals surface area contributed by atoms with Crippen molar-refractivity contribution in [3.05, 3.63) is 58.9 Å². The Morgan fingerprint density at radius 3 is 2.92 bits per heavy atom. The molecule has 0 N–H and O–H groups in total. The molecule has 3 rings (SSSR count). The molecule has 0 saturated heterocycles. The molecule has 2 aromatic rings. The van der Waals surface area contributed by atoms with Gasteiger partial charge in [-0.3, -0.25) is 0 Å². The molecule has 1 aliphatic heterocycles. The van der Waals surface area contributed by atoms with Crippen LogP contribution in [0.2, 0.25) is 0 Å². The van der Waals surface area contributed by atoms with Gasteiger partial charge in [0.25, 0.3) is 0 Å². The Balaban J connectivity index is 1.86. The molecule has 2 aromatic carbocycles. The lowest BCUT2D eigenvalue weighted by atomic mass is 9.98. The van der Waals surface area contributed by atoms with Gasteiger partial charge in [-0.1, -0.05) is 41.1 Å². The van der Waals surface area contributed by atoms with Crippen molar-refractivity contribution in [2.75, 3.05) is 18.5 Å². The van der Waals surface area contributed by atoms with Gasteiger partial charge in [0.05, 0.1) is 13.2 Å². The summed E-state index contributed by atoms with van der Waals surface area (Å²) in [7, 11) is 0. The first-order valence-electron chi connectivity index (χ1n) is 8.16. The SMILES string of the molecule is CCC(=Cc1ccc(OCCBr)c(F)c1)c1ccc2c(c1)CCO2. The van der Waals surface area contributed by atoms with Gasteiger partial charge in [-0.15, -0.1) is 0 Å². The summed E-state index contributed by atoms with van der Waals surface area (Å²) < 4.78 is 25.0. The van der Waals surface area contributed by atoms with E-state index in [1.54, 1.807) is 6.07 Å². The predicted octanol–water partition coefficient (Wildman–Crippen LogP) is 5.48. The number of hydrogen-bond acceptors (Lipinski definition) is 2. The number of alkyl halides is 1. The summed E-state index contributed by atoms with van der Waals surface area (Å²) in [5.41, 5.74) is 4.43. The minimum atomic E-state index is -0.331. The molecule has 24 heavy (non-hydrogen) atoms. The molecule has 0 aliphatic carbocycles. The third kappa shape index (κ3) is 3.81. The fourth-order valence-corrected chi connectivity index (χ4v) is 3.01. The quantitative estimate of drug-likeness (QED) is 0.479. The highest BCUT2D eigenvalue weighted by Crippen LogP contribution is 2.31. The molecule has 0 spiro atoms. The number of fused-ring (bicyclic) bond motifs is 1. The van der Waals surface area contributed by atoms with Gasteiger partial charge >= 0.3 is 0 Å². The first kappa shape index (κ1) is 17.0. The van der Waals surface area contributed by atoms with Gasteiger partial charge in [0.2, 0.25) is 0 Å². The van der Waals surface area contributed by atoms with Crippen LogP contribution in [-0.4, -0.2) is 18.5 Å². The van der Waals surface area contributed by atoms with E-state index in [4.69, 9.17) is 9.47 Å². The zero-order chi connectivity index (χ0) is 16.9. The van der Waals surface area contributed by atoms with Crippen LogP contribution in [-0.2, 0) is 6.42 Å². The molecule has 0 saturated carbocycles. The van der Waals surface area contributed by atoms with Crippen LogP contribution in [0.25, 0.3) is 11.6 Å². The van der Waals surface area contributed by atoms with E-state index < -0.39 is 0 Å². The van der Waals surface area contributed by atoms with Crippen LogP contribution < -0.4 is 9.47 Å². The maximum absolute atomic E-state index is 14.1. The molecule has 4 heteroatoms. The minimum Gasteiger partial charge on any atom is -0.493 e. The van der Waals surface area contributed by atoms with Crippen molar-refractivity contribution in [3.8, 4) is 11.5 Å². The molecule has 0 unspecified atom stereocenters. The van der Waals surface area contributed by atoms with E-state index in [2.05, 4.69) is 35.0 Å². The third-order valence-electron chi connectivity index (χ3n) is 4.07. The first-order chi connectivity index (χ1) is 11.7. The topological polar surface area (TPSA) is 18.5 Å². The lowest BCUT2D eigenvalue weighted by Gasteiger charge is -2.09. The second-order valence-electron chi connectivity index (χ2n) is 5.67. The minimum absolute atomic E-state index is 0.291. The summed E-state index contributed by atoms with van der Waals surface area (Å²) in [6.07, 6.45) is 3.87. The smallest absolute Gasteiger partial charge is 0.165 e. The van der Waals surface area contributed by atoms with Crippen molar-refractivity contribution in [1.29, 1.82) is 0 Å². The maximum Gasteiger partial charge on any atom is 0.165 e. The maximum atomic E-state index is 14.1. The van der Waals surface area contributed by atoms with Crippen LogP contribution in [0, 0.1) is 5.82 Å². The molecule has 0 atom stereocenters. The van der Waals surface area contributed by atoms with Crippen molar-refractivity contribution in [1.82, 2.24) is 0 Å². The fraction of sp³-hybridized carbons (Fsp3) is 0.300. The highest BCUT2D eigenvalue weighted by molar-refractivity contribution is 9.09. The molecule has 2 nitrogen and oxygen atoms in total. The zero-order valence-corrected chi connectivity index (χ0v) is 15.2. The van der Waals surface area contributed by atoms with Crippen LogP contribution in [0.3, 0.4) is 0 Å². The van der Waals surface area contributed by atoms with Crippen molar-refractivity contribution >= 4 is 27.6 Å². The average Bonchev–Trinajstić information content (AvgIpc) is 3.06. The van der Waals surface area contributed by atoms with Crippen LogP contribution >= 0.6 is 15.9 Å². The zero-order valence-electron chi connectivity index (χ0n) is 13.6. The second-order valence-corrected chi connectivity index (χ2v) is 6.46. The Kier molecular flexibility index (Phi) is 5.56. The third-order valence-corrected chi connectivity index (χ3v) is 4.40. The van der Waals surface area contributed by atoms with E-state index in [0.717, 1.165) is 30.8 Å². The number of benzene rings is 2. The van der Waals surface area contributed by atoms with Gasteiger partial charge in [-0.2, -0.15) is 0 Å². The largest absolute Gasteiger partial charge is 0.493 e. The molecule has 1 aliphatic rings. The molecule has 1 heterocycles. The van der Waals surface area contributed by atoms with Crippen molar-refractivity contribution in [2.45, 2.75) is 19.8 Å². The molecule has 0 fully saturated rings. The van der Waals surface area contributed by atoms with Crippen molar-refractivity contribution < 1.29 is 13.9 Å². The van der Waals surface area contributed by atoms with E-state index in [9.17, 15) is 4.39 Å². The molecule has 126 valence electrons. The number of allylic oxidation sites excluding steroid dienone is 1. The van der Waals surface area contributed by atoms with E-state index >= 15 is 0 Å². The normalized spacial score (nSPS) is 13.5. The monoisotopic (exact) mass is 390 g/mol. The number of rotatable bonds is 6. The summed E-state index contributed by atoms with van der Waals surface area (Å²) >= 11 is 3.27. The van der Waals surface area contributed by atoms with E-state index in [1.807, 2.05) is 18.2 Å². The Bertz CT molecular complexity index is 755. The highest BCUT2D eigenvalue weighted by atomic mass is 79.9. The van der Waals surface area contributed by atoms with E-state index in [-0.39, 0.29) is 5.82 Å². The Hall–Kier alpha value is -1.81. The van der Waals surface area contributed by atoms with Gasteiger partial charge in [0, 0.05) is 11.8 Å². The van der Waals surface area contributed by atoms with Gasteiger partial charge in [-0.25, -0.2) is 4.39 Å². The number of ether oxygens (including phenoxy) is 2. The summed E-state index contributed by atoms with van der Waals surface area (Å²) in [5, 5.41) is 0.677. The summed E-state index contributed by atoms with van der Waals surface area (Å²) in [4.78, 5) is 0. The highest BCUT2D eigenvalue weighted by Gasteiger charge is 2.13. The summed E-state index contributed by atoms with van der Waals surface area (Å²) in [6, 6.07) is 11.4. The van der Waals surface area contributed by atoms with Crippen molar-refractivity contribution in [2.24, 2.45) is 0 Å². The van der Waals surface area contributed by atoms with Gasteiger partial charge < -0.3 is 9.47 Å². The number of halogens is 2. The van der Waals surface area contributed by atoms with Crippen LogP contribution in [0.15, 0.2) is 36.4 Å². The Morgan fingerprint density at radius 1 is 1.29 bits per heavy atom. The Labute approximate surface area is 150 Å². The predicted molar refractivity (Wildman–Crippen MR) is 99.5 cm³/mol. The summed E-state index contributed by atoms with van der Waals surface area (Å²) in [6.45, 7) is 3.31. The standard InChI is InChI=1S/C20H20BrFO2/c1-2-15(16-4-6-19-17(13-16)7-9-23-19)11-14-3-5-20(18(22)12-14)24-10-8-21/h3-6,11-13H,2,7-10H2,1H3. The summed E-state index contributed by atoms with van der Waals surface area (Å²) in [5.74, 6) is 0.940. The molecule has 0 radical (unpaired) electrons. The molecular weight excluding hydrogens is 371 g/mol. The second kappa shape index (κ2) is 7.84. The van der Waals surface area contributed by atoms with Crippen molar-refractivity contribution in [3.63, 3.8) is 0 Å². The van der Waals surface area contributed by atoms with Gasteiger partial charge in [-0.05, 0) is 52.9 Å². The van der Waals surface area contributed by atoms with Crippen LogP contribution in [0.5, 0.6) is 11.5 Å². The average molecular weight is 391 g/mol. The molecule has 0 amide bonds.